The summed E-state index contributed by atoms with van der Waals surface area (Å²) < 4.78 is 0. The third kappa shape index (κ3) is 9.29. The number of rotatable bonds is 15. The van der Waals surface area contributed by atoms with Gasteiger partial charge in [-0.05, 0) is 25.5 Å². The van der Waals surface area contributed by atoms with Crippen molar-refractivity contribution in [2.24, 2.45) is 0 Å². The molecule has 0 aromatic carbocycles. The van der Waals surface area contributed by atoms with Crippen LogP contribution in [0.2, 0.25) is 0 Å². The number of nitrogens with zero attached hydrogens (tertiary/aromatic N) is 3. The van der Waals surface area contributed by atoms with Crippen LogP contribution < -0.4 is 5.32 Å². The van der Waals surface area contributed by atoms with E-state index in [0.29, 0.717) is 0 Å². The molecule has 0 saturated heterocycles. The first-order valence-corrected chi connectivity index (χ1v) is 11.3. The molecule has 0 spiro atoms. The van der Waals surface area contributed by atoms with Gasteiger partial charge in [0, 0.05) is 36.3 Å². The highest BCUT2D eigenvalue weighted by Gasteiger charge is 2.04. The van der Waals surface area contributed by atoms with Crippen molar-refractivity contribution < 1.29 is 0 Å². The first-order valence-electron chi connectivity index (χ1n) is 11.3. The van der Waals surface area contributed by atoms with E-state index < -0.39 is 0 Å². The lowest BCUT2D eigenvalue weighted by Gasteiger charge is -2.08. The van der Waals surface area contributed by atoms with Gasteiger partial charge in [-0.25, -0.2) is 9.97 Å². The summed E-state index contributed by atoms with van der Waals surface area (Å²) in [7, 11) is 0. The maximum atomic E-state index is 4.64. The number of unbranched alkanes of at least 4 members (excludes halogenated alkanes) is 11. The van der Waals surface area contributed by atoms with E-state index in [-0.39, 0.29) is 0 Å². The molecule has 2 aromatic heterocycles. The largest absolute Gasteiger partial charge is 0.370 e. The smallest absolute Gasteiger partial charge is 0.163 e. The molecule has 2 heterocycles. The highest BCUT2D eigenvalue weighted by atomic mass is 15.0. The second-order valence-electron chi connectivity index (χ2n) is 7.78. The number of hydrogen-bond acceptors (Lipinski definition) is 4. The number of nitrogens with one attached hydrogen (secondary N) is 1. The SMILES string of the molecule is CCCCCCCCCCCCCCNc1cc(C)nc(-c2cccnc2)n1. The Balaban J connectivity index is 1.54. The predicted molar refractivity (Wildman–Crippen MR) is 120 cm³/mol. The summed E-state index contributed by atoms with van der Waals surface area (Å²) in [5, 5.41) is 3.46. The molecule has 2 aromatic rings. The molecule has 28 heavy (non-hydrogen) atoms. The van der Waals surface area contributed by atoms with Crippen molar-refractivity contribution in [2.75, 3.05) is 11.9 Å². The Kier molecular flexibility index (Phi) is 11.2. The Morgan fingerprint density at radius 1 is 0.821 bits per heavy atom. The molecule has 4 nitrogen and oxygen atoms in total. The van der Waals surface area contributed by atoms with Crippen LogP contribution in [-0.2, 0) is 0 Å². The highest BCUT2D eigenvalue weighted by Crippen LogP contribution is 2.17. The quantitative estimate of drug-likeness (QED) is 0.338. The summed E-state index contributed by atoms with van der Waals surface area (Å²) >= 11 is 0. The maximum absolute atomic E-state index is 4.64. The summed E-state index contributed by atoms with van der Waals surface area (Å²) in [6.07, 6.45) is 20.1. The molecule has 1 N–H and O–H groups in total. The van der Waals surface area contributed by atoms with E-state index in [1.807, 2.05) is 31.3 Å². The van der Waals surface area contributed by atoms with Crippen molar-refractivity contribution in [3.63, 3.8) is 0 Å². The maximum Gasteiger partial charge on any atom is 0.163 e. The molecule has 154 valence electrons. The number of anilines is 1. The zero-order chi connectivity index (χ0) is 19.9. The van der Waals surface area contributed by atoms with Crippen molar-refractivity contribution >= 4 is 5.82 Å². The summed E-state index contributed by atoms with van der Waals surface area (Å²) in [6, 6.07) is 5.93. The van der Waals surface area contributed by atoms with Crippen LogP contribution in [-0.4, -0.2) is 21.5 Å². The number of pyridine rings is 1. The Morgan fingerprint density at radius 3 is 2.07 bits per heavy atom. The van der Waals surface area contributed by atoms with E-state index in [4.69, 9.17) is 0 Å². The molecule has 4 heteroatoms. The standard InChI is InChI=1S/C24H38N4/c1-3-4-5-6-7-8-9-10-11-12-13-14-18-26-23-19-21(2)27-24(28-23)22-16-15-17-25-20-22/h15-17,19-20H,3-14,18H2,1-2H3,(H,26,27,28). The third-order valence-corrected chi connectivity index (χ3v) is 5.11. The Labute approximate surface area is 171 Å². The fourth-order valence-corrected chi connectivity index (χ4v) is 3.47. The molecule has 0 aliphatic rings. The first kappa shape index (κ1) is 22.3. The van der Waals surface area contributed by atoms with Crippen LogP contribution in [0.3, 0.4) is 0 Å². The van der Waals surface area contributed by atoms with Gasteiger partial charge < -0.3 is 5.32 Å². The van der Waals surface area contributed by atoms with Crippen LogP contribution in [0.4, 0.5) is 5.82 Å². The van der Waals surface area contributed by atoms with Gasteiger partial charge in [-0.15, -0.1) is 0 Å². The average molecular weight is 383 g/mol. The lowest BCUT2D eigenvalue weighted by molar-refractivity contribution is 0.546. The minimum atomic E-state index is 0.741. The average Bonchev–Trinajstić information content (AvgIpc) is 2.72. The number of aromatic nitrogens is 3. The van der Waals surface area contributed by atoms with Crippen LogP contribution in [0.25, 0.3) is 11.4 Å². The molecular weight excluding hydrogens is 344 g/mol. The third-order valence-electron chi connectivity index (χ3n) is 5.11. The monoisotopic (exact) mass is 382 g/mol. The van der Waals surface area contributed by atoms with Crippen molar-refractivity contribution in [3.8, 4) is 11.4 Å². The first-order chi connectivity index (χ1) is 13.8. The molecule has 0 fully saturated rings. The lowest BCUT2D eigenvalue weighted by Crippen LogP contribution is -2.05. The molecule has 0 aliphatic carbocycles. The highest BCUT2D eigenvalue weighted by molar-refractivity contribution is 5.56. The molecule has 0 radical (unpaired) electrons. The lowest BCUT2D eigenvalue weighted by atomic mass is 10.1. The minimum Gasteiger partial charge on any atom is -0.370 e. The topological polar surface area (TPSA) is 50.7 Å². The zero-order valence-electron chi connectivity index (χ0n) is 17.9. The molecule has 0 atom stereocenters. The van der Waals surface area contributed by atoms with Crippen molar-refractivity contribution in [1.29, 1.82) is 0 Å². The van der Waals surface area contributed by atoms with Gasteiger partial charge in [-0.1, -0.05) is 77.6 Å². The fourth-order valence-electron chi connectivity index (χ4n) is 3.47. The molecule has 0 aliphatic heterocycles. The van der Waals surface area contributed by atoms with Gasteiger partial charge in [-0.2, -0.15) is 0 Å². The van der Waals surface area contributed by atoms with E-state index in [9.17, 15) is 0 Å². The Bertz CT molecular complexity index is 642. The van der Waals surface area contributed by atoms with Gasteiger partial charge in [0.15, 0.2) is 5.82 Å². The molecular formula is C24H38N4. The molecule has 2 rings (SSSR count). The van der Waals surface area contributed by atoms with E-state index in [1.165, 1.54) is 77.0 Å². The number of aryl methyl sites for hydroxylation is 1. The van der Waals surface area contributed by atoms with E-state index in [1.54, 1.807) is 6.20 Å². The van der Waals surface area contributed by atoms with Gasteiger partial charge in [0.1, 0.15) is 5.82 Å². The second kappa shape index (κ2) is 14.1. The van der Waals surface area contributed by atoms with Gasteiger partial charge >= 0.3 is 0 Å². The van der Waals surface area contributed by atoms with Crippen LogP contribution in [0, 0.1) is 6.92 Å². The van der Waals surface area contributed by atoms with E-state index >= 15 is 0 Å². The van der Waals surface area contributed by atoms with Crippen molar-refractivity contribution in [1.82, 2.24) is 15.0 Å². The molecule has 0 amide bonds. The van der Waals surface area contributed by atoms with Gasteiger partial charge in [-0.3, -0.25) is 4.98 Å². The second-order valence-corrected chi connectivity index (χ2v) is 7.78. The molecule has 0 unspecified atom stereocenters. The Morgan fingerprint density at radius 2 is 1.46 bits per heavy atom. The van der Waals surface area contributed by atoms with Gasteiger partial charge in [0.05, 0.1) is 0 Å². The summed E-state index contributed by atoms with van der Waals surface area (Å²) in [6.45, 7) is 5.26. The van der Waals surface area contributed by atoms with Gasteiger partial charge in [0.2, 0.25) is 0 Å². The summed E-state index contributed by atoms with van der Waals surface area (Å²) in [5.74, 6) is 1.65. The summed E-state index contributed by atoms with van der Waals surface area (Å²) in [5.41, 5.74) is 1.94. The van der Waals surface area contributed by atoms with E-state index in [0.717, 1.165) is 29.4 Å². The number of hydrogen-bond donors (Lipinski definition) is 1. The predicted octanol–water partition coefficient (Wildman–Crippen LogP) is 6.96. The van der Waals surface area contributed by atoms with Gasteiger partial charge in [0.25, 0.3) is 0 Å². The Hall–Kier alpha value is -1.97. The minimum absolute atomic E-state index is 0.741. The van der Waals surface area contributed by atoms with E-state index in [2.05, 4.69) is 27.2 Å². The normalized spacial score (nSPS) is 10.9. The molecule has 0 bridgehead atoms. The zero-order valence-corrected chi connectivity index (χ0v) is 17.9. The van der Waals surface area contributed by atoms with Crippen molar-refractivity contribution in [2.45, 2.75) is 90.9 Å². The molecule has 0 saturated carbocycles. The van der Waals surface area contributed by atoms with Crippen molar-refractivity contribution in [3.05, 3.63) is 36.3 Å². The van der Waals surface area contributed by atoms with Crippen LogP contribution >= 0.6 is 0 Å². The van der Waals surface area contributed by atoms with Crippen LogP contribution in [0.5, 0.6) is 0 Å². The fraction of sp³-hybridized carbons (Fsp3) is 0.625. The summed E-state index contributed by atoms with van der Waals surface area (Å²) in [4.78, 5) is 13.3. The van der Waals surface area contributed by atoms with Crippen LogP contribution in [0.15, 0.2) is 30.6 Å². The van der Waals surface area contributed by atoms with Crippen LogP contribution in [0.1, 0.15) is 89.7 Å².